The van der Waals surface area contributed by atoms with E-state index in [0.717, 1.165) is 8.61 Å². The minimum atomic E-state index is -3.78. The molecular weight excluding hydrogens is 414 g/mol. The lowest BCUT2D eigenvalue weighted by atomic mass is 10.1. The van der Waals surface area contributed by atoms with E-state index in [1.165, 1.54) is 46.4 Å². The summed E-state index contributed by atoms with van der Waals surface area (Å²) in [6.45, 7) is 3.39. The minimum absolute atomic E-state index is 0.0295. The summed E-state index contributed by atoms with van der Waals surface area (Å²) in [6.07, 6.45) is 0. The van der Waals surface area contributed by atoms with Crippen molar-refractivity contribution >= 4 is 31.6 Å². The van der Waals surface area contributed by atoms with Gasteiger partial charge in [0.25, 0.3) is 5.91 Å². The van der Waals surface area contributed by atoms with Gasteiger partial charge in [-0.05, 0) is 49.2 Å². The molecule has 2 aromatic rings. The number of benzene rings is 2. The van der Waals surface area contributed by atoms with Crippen LogP contribution in [0.2, 0.25) is 0 Å². The van der Waals surface area contributed by atoms with Gasteiger partial charge >= 0.3 is 0 Å². The van der Waals surface area contributed by atoms with Crippen LogP contribution in [0.3, 0.4) is 0 Å². The van der Waals surface area contributed by atoms with Crippen LogP contribution in [0.15, 0.2) is 46.2 Å². The summed E-state index contributed by atoms with van der Waals surface area (Å²) in [5, 5.41) is 2.59. The second-order valence-electron chi connectivity index (χ2n) is 6.94. The molecule has 0 radical (unpaired) electrons. The predicted octanol–water partition coefficient (Wildman–Crippen LogP) is 2.06. The Hall–Kier alpha value is -2.27. The Bertz CT molecular complexity index is 1150. The predicted molar refractivity (Wildman–Crippen MR) is 112 cm³/mol. The van der Waals surface area contributed by atoms with Crippen LogP contribution in [0.5, 0.6) is 0 Å². The zero-order valence-corrected chi connectivity index (χ0v) is 18.8. The average Bonchev–Trinajstić information content (AvgIpc) is 2.63. The molecule has 158 valence electrons. The number of hydrogen-bond donors (Lipinski definition) is 1. The lowest BCUT2D eigenvalue weighted by Crippen LogP contribution is -2.25. The van der Waals surface area contributed by atoms with Crippen molar-refractivity contribution in [1.82, 2.24) is 8.61 Å². The molecule has 0 saturated heterocycles. The van der Waals surface area contributed by atoms with Crippen LogP contribution >= 0.6 is 0 Å². The maximum Gasteiger partial charge on any atom is 0.255 e. The van der Waals surface area contributed by atoms with Gasteiger partial charge in [0.05, 0.1) is 10.6 Å². The Labute approximate surface area is 172 Å². The van der Waals surface area contributed by atoms with Crippen molar-refractivity contribution in [2.75, 3.05) is 33.5 Å². The van der Waals surface area contributed by atoms with Gasteiger partial charge in [-0.1, -0.05) is 12.1 Å². The monoisotopic (exact) mass is 439 g/mol. The second-order valence-corrected chi connectivity index (χ2v) is 11.2. The van der Waals surface area contributed by atoms with E-state index in [1.807, 2.05) is 0 Å². The van der Waals surface area contributed by atoms with Crippen LogP contribution in [0.25, 0.3) is 0 Å². The molecule has 29 heavy (non-hydrogen) atoms. The zero-order chi connectivity index (χ0) is 22.1. The Balaban J connectivity index is 2.53. The number of carbonyl (C=O) groups is 1. The van der Waals surface area contributed by atoms with Gasteiger partial charge in [-0.25, -0.2) is 25.4 Å². The fourth-order valence-corrected chi connectivity index (χ4v) is 4.87. The molecule has 8 nitrogen and oxygen atoms in total. The zero-order valence-electron chi connectivity index (χ0n) is 17.2. The molecule has 0 fully saturated rings. The molecule has 0 saturated carbocycles. The molecule has 0 unspecified atom stereocenters. The third-order valence-corrected chi connectivity index (χ3v) is 8.35. The van der Waals surface area contributed by atoms with Crippen LogP contribution in [0.1, 0.15) is 21.5 Å². The van der Waals surface area contributed by atoms with Gasteiger partial charge in [-0.15, -0.1) is 0 Å². The molecule has 0 spiro atoms. The van der Waals surface area contributed by atoms with E-state index in [4.69, 9.17) is 0 Å². The van der Waals surface area contributed by atoms with Gasteiger partial charge in [-0.3, -0.25) is 4.79 Å². The van der Waals surface area contributed by atoms with Gasteiger partial charge in [-0.2, -0.15) is 0 Å². The molecule has 10 heteroatoms. The van der Waals surface area contributed by atoms with Crippen LogP contribution in [0, 0.1) is 13.8 Å². The SMILES string of the molecule is Cc1cc(C(=O)Nc2ccccc2S(=O)(=O)N(C)C)cc(S(=O)(=O)N(C)C)c1C. The molecule has 0 aliphatic carbocycles. The van der Waals surface area contributed by atoms with E-state index in [-0.39, 0.29) is 21.0 Å². The molecule has 2 aromatic carbocycles. The van der Waals surface area contributed by atoms with Crippen molar-refractivity contribution in [1.29, 1.82) is 0 Å². The van der Waals surface area contributed by atoms with E-state index in [0.29, 0.717) is 11.1 Å². The minimum Gasteiger partial charge on any atom is -0.321 e. The topological polar surface area (TPSA) is 104 Å². The maximum absolute atomic E-state index is 12.8. The van der Waals surface area contributed by atoms with Gasteiger partial charge in [0, 0.05) is 33.8 Å². The van der Waals surface area contributed by atoms with Crippen LogP contribution < -0.4 is 5.32 Å². The van der Waals surface area contributed by atoms with Gasteiger partial charge in [0.2, 0.25) is 20.0 Å². The molecule has 0 aliphatic rings. The third kappa shape index (κ3) is 4.50. The molecule has 1 N–H and O–H groups in total. The highest BCUT2D eigenvalue weighted by molar-refractivity contribution is 7.89. The molecule has 0 aliphatic heterocycles. The maximum atomic E-state index is 12.8. The molecule has 0 bridgehead atoms. The normalized spacial score (nSPS) is 12.4. The Morgan fingerprint density at radius 1 is 0.828 bits per heavy atom. The molecule has 2 rings (SSSR count). The first kappa shape index (κ1) is 23.0. The average molecular weight is 440 g/mol. The van der Waals surface area contributed by atoms with Gasteiger partial charge in [0.15, 0.2) is 0 Å². The van der Waals surface area contributed by atoms with Crippen molar-refractivity contribution < 1.29 is 21.6 Å². The van der Waals surface area contributed by atoms with Crippen molar-refractivity contribution in [3.8, 4) is 0 Å². The third-order valence-electron chi connectivity index (χ3n) is 4.53. The van der Waals surface area contributed by atoms with Crippen LogP contribution in [0.4, 0.5) is 5.69 Å². The summed E-state index contributed by atoms with van der Waals surface area (Å²) in [4.78, 5) is 12.8. The fourth-order valence-electron chi connectivity index (χ4n) is 2.61. The van der Waals surface area contributed by atoms with Crippen LogP contribution in [-0.4, -0.2) is 59.5 Å². The Kier molecular flexibility index (Phi) is 6.53. The summed E-state index contributed by atoms with van der Waals surface area (Å²) in [5.74, 6) is -0.607. The summed E-state index contributed by atoms with van der Waals surface area (Å²) >= 11 is 0. The number of anilines is 1. The van der Waals surface area contributed by atoms with Gasteiger partial charge in [0.1, 0.15) is 4.90 Å². The highest BCUT2D eigenvalue weighted by Crippen LogP contribution is 2.26. The first-order valence-corrected chi connectivity index (χ1v) is 11.5. The molecule has 1 amide bonds. The van der Waals surface area contributed by atoms with E-state index in [2.05, 4.69) is 5.32 Å². The number of nitrogens with zero attached hydrogens (tertiary/aromatic N) is 2. The number of aryl methyl sites for hydroxylation is 1. The van der Waals surface area contributed by atoms with E-state index < -0.39 is 26.0 Å². The fraction of sp³-hybridized carbons (Fsp3) is 0.316. The van der Waals surface area contributed by atoms with Crippen molar-refractivity contribution in [3.05, 3.63) is 53.1 Å². The quantitative estimate of drug-likeness (QED) is 0.742. The lowest BCUT2D eigenvalue weighted by Gasteiger charge is -2.18. The summed E-state index contributed by atoms with van der Waals surface area (Å²) in [5.41, 5.74) is 1.41. The Morgan fingerprint density at radius 3 is 1.90 bits per heavy atom. The molecule has 0 heterocycles. The van der Waals surface area contributed by atoms with Crippen LogP contribution in [-0.2, 0) is 20.0 Å². The molecule has 0 aromatic heterocycles. The van der Waals surface area contributed by atoms with Crippen molar-refractivity contribution in [2.45, 2.75) is 23.6 Å². The Morgan fingerprint density at radius 2 is 1.34 bits per heavy atom. The number of hydrogen-bond acceptors (Lipinski definition) is 5. The number of nitrogens with one attached hydrogen (secondary N) is 1. The number of rotatable bonds is 6. The smallest absolute Gasteiger partial charge is 0.255 e. The van der Waals surface area contributed by atoms with Crippen molar-refractivity contribution in [2.24, 2.45) is 0 Å². The standard InChI is InChI=1S/C19H25N3O5S2/c1-13-11-15(12-18(14(13)2)29(26,27)22(5)6)19(23)20-16-9-7-8-10-17(16)28(24,25)21(3)4/h7-12H,1-6H3,(H,20,23). The summed E-state index contributed by atoms with van der Waals surface area (Å²) in [6, 6.07) is 8.91. The largest absolute Gasteiger partial charge is 0.321 e. The number of para-hydroxylation sites is 1. The first-order chi connectivity index (χ1) is 13.3. The van der Waals surface area contributed by atoms with Gasteiger partial charge < -0.3 is 5.32 Å². The van der Waals surface area contributed by atoms with E-state index >= 15 is 0 Å². The molecule has 0 atom stereocenters. The van der Waals surface area contributed by atoms with E-state index in [1.54, 1.807) is 32.0 Å². The van der Waals surface area contributed by atoms with Crippen molar-refractivity contribution in [3.63, 3.8) is 0 Å². The number of amides is 1. The lowest BCUT2D eigenvalue weighted by molar-refractivity contribution is 0.102. The summed E-state index contributed by atoms with van der Waals surface area (Å²) in [7, 11) is -1.90. The highest BCUT2D eigenvalue weighted by atomic mass is 32.2. The summed E-state index contributed by atoms with van der Waals surface area (Å²) < 4.78 is 52.4. The number of sulfonamides is 2. The second kappa shape index (κ2) is 8.23. The highest BCUT2D eigenvalue weighted by Gasteiger charge is 2.25. The number of carbonyl (C=O) groups excluding carboxylic acids is 1. The van der Waals surface area contributed by atoms with E-state index in [9.17, 15) is 21.6 Å². The first-order valence-electron chi connectivity index (χ1n) is 8.67. The molecular formula is C19H25N3O5S2.